The fourth-order valence-electron chi connectivity index (χ4n) is 6.64. The van der Waals surface area contributed by atoms with Gasteiger partial charge in [0.1, 0.15) is 11.5 Å². The van der Waals surface area contributed by atoms with Crippen LogP contribution in [0, 0.1) is 12.3 Å². The average Bonchev–Trinajstić information content (AvgIpc) is 3.61. The lowest BCUT2D eigenvalue weighted by Gasteiger charge is -2.41. The third kappa shape index (κ3) is 3.70. The van der Waals surface area contributed by atoms with Crippen molar-refractivity contribution in [2.45, 2.75) is 83.9 Å². The molecule has 208 valence electrons. The van der Waals surface area contributed by atoms with Crippen LogP contribution < -0.4 is 25.3 Å². The Bertz CT molecular complexity index is 2290. The quantitative estimate of drug-likeness (QED) is 0.180. The van der Waals surface area contributed by atoms with Crippen molar-refractivity contribution >= 4 is 62.6 Å². The summed E-state index contributed by atoms with van der Waals surface area (Å²) in [7, 11) is 0. The van der Waals surface area contributed by atoms with Gasteiger partial charge in [-0.3, -0.25) is 0 Å². The van der Waals surface area contributed by atoms with Crippen LogP contribution in [0.4, 0.5) is 17.1 Å². The van der Waals surface area contributed by atoms with Crippen LogP contribution in [0.3, 0.4) is 0 Å². The lowest BCUT2D eigenvalue weighted by atomic mass is 9.36. The minimum atomic E-state index is -2.92. The zero-order chi connectivity index (χ0) is 38.1. The van der Waals surface area contributed by atoms with Crippen LogP contribution in [0.1, 0.15) is 90.7 Å². The maximum absolute atomic E-state index is 9.71. The van der Waals surface area contributed by atoms with Gasteiger partial charge in [0.25, 0.3) is 6.71 Å². The van der Waals surface area contributed by atoms with Gasteiger partial charge in [0.05, 0.1) is 16.7 Å². The molecule has 0 amide bonds. The smallest absolute Gasteiger partial charge is 0.268 e. The molecular weight excluding hydrogens is 537 g/mol. The molecule has 3 aliphatic heterocycles. The molecule has 0 saturated heterocycles. The standard InChI is InChI=1S/C36H38BNOS2/c1-20-15-26-29-27(16-20)39-31-23-17-35(5,6)18-28(23)41-33(31)37(29)25-14-13-24-32(40-19-36(24,7)8)30(25)38(26)22-11-9-21(10-12-22)34(2,3)4/h9-16H,17-19H2,1-8H3/i1D3,9D,10D,11D,12D,13D,14D,15D,16D. The van der Waals surface area contributed by atoms with Crippen LogP contribution in [0.25, 0.3) is 0 Å². The number of benzene rings is 3. The van der Waals surface area contributed by atoms with Gasteiger partial charge in [-0.1, -0.05) is 72.6 Å². The Kier molecular flexibility index (Phi) is 3.40. The van der Waals surface area contributed by atoms with E-state index in [9.17, 15) is 11.0 Å². The van der Waals surface area contributed by atoms with Crippen molar-refractivity contribution in [3.63, 3.8) is 0 Å². The highest BCUT2D eigenvalue weighted by Gasteiger charge is 2.48. The first kappa shape index (κ1) is 16.9. The Labute approximate surface area is 269 Å². The minimum Gasteiger partial charge on any atom is -0.457 e. The lowest BCUT2D eigenvalue weighted by Crippen LogP contribution is -2.59. The second-order valence-electron chi connectivity index (χ2n) is 14.2. The van der Waals surface area contributed by atoms with Crippen LogP contribution >= 0.6 is 23.1 Å². The van der Waals surface area contributed by atoms with Crippen molar-refractivity contribution < 1.29 is 19.8 Å². The van der Waals surface area contributed by atoms with Crippen LogP contribution in [0.5, 0.6) is 11.5 Å². The van der Waals surface area contributed by atoms with E-state index >= 15 is 0 Å². The first-order valence-electron chi connectivity index (χ1n) is 19.6. The number of fused-ring (bicyclic) bond motifs is 8. The summed E-state index contributed by atoms with van der Waals surface area (Å²) in [6.45, 7) is 10.1. The normalized spacial score (nSPS) is 23.0. The van der Waals surface area contributed by atoms with Gasteiger partial charge < -0.3 is 9.64 Å². The third-order valence-corrected chi connectivity index (χ3v) is 11.5. The van der Waals surface area contributed by atoms with Crippen molar-refractivity contribution in [3.8, 4) is 11.5 Å². The molecule has 4 aliphatic rings. The van der Waals surface area contributed by atoms with E-state index in [1.807, 2.05) is 34.6 Å². The molecule has 0 N–H and O–H groups in total. The van der Waals surface area contributed by atoms with Gasteiger partial charge in [0, 0.05) is 46.8 Å². The lowest BCUT2D eigenvalue weighted by molar-refractivity contribution is 0.388. The molecule has 41 heavy (non-hydrogen) atoms. The van der Waals surface area contributed by atoms with Gasteiger partial charge in [-0.25, -0.2) is 0 Å². The molecule has 0 saturated carbocycles. The number of hydrogen-bond donors (Lipinski definition) is 0. The fraction of sp³-hybridized carbons (Fsp3) is 0.389. The molecule has 2 nitrogen and oxygen atoms in total. The zero-order valence-corrected chi connectivity index (χ0v) is 26.0. The molecule has 3 aromatic carbocycles. The van der Waals surface area contributed by atoms with Crippen molar-refractivity contribution in [2.24, 2.45) is 5.41 Å². The second-order valence-corrected chi connectivity index (χ2v) is 16.3. The van der Waals surface area contributed by atoms with E-state index in [1.165, 1.54) is 16.7 Å². The first-order valence-corrected chi connectivity index (χ1v) is 15.9. The summed E-state index contributed by atoms with van der Waals surface area (Å²) in [5, 5.41) is 0. The Hall–Kier alpha value is -2.63. The summed E-state index contributed by atoms with van der Waals surface area (Å²) in [4.78, 5) is 3.19. The predicted molar refractivity (Wildman–Crippen MR) is 179 cm³/mol. The maximum Gasteiger partial charge on any atom is 0.268 e. The van der Waals surface area contributed by atoms with Crippen molar-refractivity contribution in [3.05, 3.63) is 75.5 Å². The van der Waals surface area contributed by atoms with Crippen LogP contribution in [-0.2, 0) is 23.7 Å². The summed E-state index contributed by atoms with van der Waals surface area (Å²) in [5.41, 5.74) is 0.779. The number of rotatable bonds is 1. The molecular formula is C36H38BNOS2. The molecule has 5 heteroatoms. The van der Waals surface area contributed by atoms with Crippen molar-refractivity contribution in [1.82, 2.24) is 0 Å². The SMILES string of the molecule is [2H]c1c([2H])c2c(c3c1B1c4sc5c(c4Oc4c([2H])c(C([2H])([2H])[2H])c([2H])c(c41)N3c1c([2H])c([2H])c(C(C)(C)C)c([2H])c1[2H])CC(C)(C)C5)SCC2(C)C. The summed E-state index contributed by atoms with van der Waals surface area (Å²) >= 11 is 3.02. The molecule has 1 aromatic heterocycles. The van der Waals surface area contributed by atoms with Gasteiger partial charge in [0.2, 0.25) is 0 Å². The van der Waals surface area contributed by atoms with E-state index in [-0.39, 0.29) is 69.8 Å². The minimum absolute atomic E-state index is 0.00288. The van der Waals surface area contributed by atoms with Gasteiger partial charge >= 0.3 is 0 Å². The monoisotopic (exact) mass is 586 g/mol. The number of thiophene rings is 1. The Balaban J connectivity index is 1.60. The molecule has 4 aromatic rings. The van der Waals surface area contributed by atoms with Crippen molar-refractivity contribution in [1.29, 1.82) is 0 Å². The van der Waals surface area contributed by atoms with Crippen LogP contribution in [0.15, 0.2) is 53.2 Å². The van der Waals surface area contributed by atoms with E-state index in [0.29, 0.717) is 39.5 Å². The predicted octanol–water partition coefficient (Wildman–Crippen LogP) is 8.27. The summed E-state index contributed by atoms with van der Waals surface area (Å²) in [6.07, 6.45) is 1.48. The van der Waals surface area contributed by atoms with E-state index in [4.69, 9.17) is 8.85 Å². The number of ether oxygens (including phenoxy) is 1. The van der Waals surface area contributed by atoms with E-state index in [2.05, 4.69) is 13.8 Å². The molecule has 1 aliphatic carbocycles. The highest BCUT2D eigenvalue weighted by molar-refractivity contribution is 7.99. The van der Waals surface area contributed by atoms with E-state index in [0.717, 1.165) is 21.6 Å². The molecule has 8 rings (SSSR count). The Morgan fingerprint density at radius 3 is 2.54 bits per heavy atom. The van der Waals surface area contributed by atoms with Gasteiger partial charge in [-0.05, 0) is 82.3 Å². The van der Waals surface area contributed by atoms with Gasteiger partial charge in [-0.2, -0.15) is 11.3 Å². The topological polar surface area (TPSA) is 12.5 Å². The number of anilines is 3. The molecule has 4 heterocycles. The Morgan fingerprint density at radius 2 is 1.80 bits per heavy atom. The highest BCUT2D eigenvalue weighted by Crippen LogP contribution is 2.53. The molecule has 0 unspecified atom stereocenters. The zero-order valence-electron chi connectivity index (χ0n) is 35.4. The molecule has 0 radical (unpaired) electrons. The fourth-order valence-corrected chi connectivity index (χ4v) is 9.73. The molecule has 0 spiro atoms. The second kappa shape index (κ2) is 8.26. The largest absolute Gasteiger partial charge is 0.457 e. The highest BCUT2D eigenvalue weighted by atomic mass is 32.2. The molecule has 0 bridgehead atoms. The van der Waals surface area contributed by atoms with E-state index < -0.39 is 42.0 Å². The Morgan fingerprint density at radius 1 is 1.02 bits per heavy atom. The number of nitrogens with zero attached hydrogens (tertiary/aromatic N) is 1. The summed E-state index contributed by atoms with van der Waals surface area (Å²) in [6, 6.07) is -2.25. The average molecular weight is 587 g/mol. The van der Waals surface area contributed by atoms with Gasteiger partial charge in [0.15, 0.2) is 0 Å². The van der Waals surface area contributed by atoms with Crippen LogP contribution in [-0.4, -0.2) is 12.5 Å². The van der Waals surface area contributed by atoms with Gasteiger partial charge in [-0.15, -0.1) is 11.8 Å². The van der Waals surface area contributed by atoms with Crippen molar-refractivity contribution in [2.75, 3.05) is 10.7 Å². The summed E-state index contributed by atoms with van der Waals surface area (Å²) < 4.78 is 108. The van der Waals surface area contributed by atoms with E-state index in [1.54, 1.807) is 11.3 Å². The third-order valence-electron chi connectivity index (χ3n) is 8.69. The molecule has 0 fully saturated rings. The maximum atomic E-state index is 9.71. The molecule has 0 atom stereocenters. The van der Waals surface area contributed by atoms with Crippen LogP contribution in [0.2, 0.25) is 0 Å². The number of hydrogen-bond acceptors (Lipinski definition) is 4. The first-order chi connectivity index (χ1) is 23.9. The summed E-state index contributed by atoms with van der Waals surface area (Å²) in [5.74, 6) is 1.04. The number of thioether (sulfide) groups is 1.